The van der Waals surface area contributed by atoms with Gasteiger partial charge in [0.1, 0.15) is 17.3 Å². The highest BCUT2D eigenvalue weighted by molar-refractivity contribution is 9.10. The van der Waals surface area contributed by atoms with Crippen molar-refractivity contribution in [3.8, 4) is 0 Å². The maximum absolute atomic E-state index is 13.5. The Morgan fingerprint density at radius 2 is 2.11 bits per heavy atom. The Morgan fingerprint density at radius 3 is 2.72 bits per heavy atom. The summed E-state index contributed by atoms with van der Waals surface area (Å²) in [6.07, 6.45) is 0. The van der Waals surface area contributed by atoms with Crippen molar-refractivity contribution in [2.24, 2.45) is 0 Å². The van der Waals surface area contributed by atoms with Crippen LogP contribution in [0.3, 0.4) is 0 Å². The molecule has 0 aliphatic rings. The molecule has 1 unspecified atom stereocenters. The molecule has 1 heterocycles. The number of hydrogen-bond donors (Lipinski definition) is 2. The Hall–Kier alpha value is -1.49. The van der Waals surface area contributed by atoms with Gasteiger partial charge in [0.15, 0.2) is 0 Å². The maximum atomic E-state index is 13.5. The van der Waals surface area contributed by atoms with Crippen molar-refractivity contribution in [2.75, 3.05) is 11.1 Å². The summed E-state index contributed by atoms with van der Waals surface area (Å²) in [5.74, 6) is 1.28. The fourth-order valence-electron chi connectivity index (χ4n) is 1.68. The zero-order chi connectivity index (χ0) is 13.3. The van der Waals surface area contributed by atoms with Gasteiger partial charge in [-0.2, -0.15) is 0 Å². The van der Waals surface area contributed by atoms with Crippen LogP contribution in [-0.4, -0.2) is 0 Å². The molecule has 0 fully saturated rings. The molecular weight excluding hydrogens is 299 g/mol. The highest BCUT2D eigenvalue weighted by Crippen LogP contribution is 2.29. The number of benzene rings is 1. The van der Waals surface area contributed by atoms with Gasteiger partial charge in [-0.1, -0.05) is 0 Å². The molecule has 3 N–H and O–H groups in total. The molecule has 0 aliphatic heterocycles. The van der Waals surface area contributed by atoms with Gasteiger partial charge in [0, 0.05) is 6.07 Å². The fourth-order valence-corrected chi connectivity index (χ4v) is 2.04. The average Bonchev–Trinajstić information content (AvgIpc) is 2.73. The number of rotatable bonds is 3. The van der Waals surface area contributed by atoms with Crippen molar-refractivity contribution in [1.82, 2.24) is 0 Å². The number of aryl methyl sites for hydroxylation is 1. The number of furan rings is 1. The molecule has 3 nitrogen and oxygen atoms in total. The molecule has 0 bridgehead atoms. The summed E-state index contributed by atoms with van der Waals surface area (Å²) < 4.78 is 19.3. The zero-order valence-corrected chi connectivity index (χ0v) is 11.7. The van der Waals surface area contributed by atoms with E-state index in [1.54, 1.807) is 0 Å². The van der Waals surface area contributed by atoms with Gasteiger partial charge in [-0.05, 0) is 48.0 Å². The van der Waals surface area contributed by atoms with E-state index in [0.29, 0.717) is 15.8 Å². The van der Waals surface area contributed by atoms with Crippen LogP contribution < -0.4 is 11.1 Å². The number of hydrogen-bond acceptors (Lipinski definition) is 3. The van der Waals surface area contributed by atoms with Crippen LogP contribution in [0.2, 0.25) is 0 Å². The van der Waals surface area contributed by atoms with Gasteiger partial charge >= 0.3 is 0 Å². The summed E-state index contributed by atoms with van der Waals surface area (Å²) in [6, 6.07) is 6.60. The minimum absolute atomic E-state index is 0.0819. The van der Waals surface area contributed by atoms with Gasteiger partial charge in [-0.15, -0.1) is 0 Å². The first kappa shape index (κ1) is 13.0. The molecule has 1 atom stereocenters. The molecule has 5 heteroatoms. The molecule has 1 aromatic carbocycles. The van der Waals surface area contributed by atoms with E-state index in [-0.39, 0.29) is 11.9 Å². The van der Waals surface area contributed by atoms with E-state index in [4.69, 9.17) is 10.2 Å². The Labute approximate surface area is 113 Å². The maximum Gasteiger partial charge on any atom is 0.139 e. The molecule has 0 spiro atoms. The van der Waals surface area contributed by atoms with Crippen LogP contribution in [0.15, 0.2) is 33.2 Å². The fraction of sp³-hybridized carbons (Fsp3) is 0.231. The van der Waals surface area contributed by atoms with Gasteiger partial charge in [0.2, 0.25) is 0 Å². The summed E-state index contributed by atoms with van der Waals surface area (Å²) in [4.78, 5) is 0. The minimum atomic E-state index is -0.352. The van der Waals surface area contributed by atoms with Crippen LogP contribution in [0.25, 0.3) is 0 Å². The summed E-state index contributed by atoms with van der Waals surface area (Å²) in [5, 5.41) is 3.13. The van der Waals surface area contributed by atoms with Gasteiger partial charge in [-0.3, -0.25) is 0 Å². The summed E-state index contributed by atoms with van der Waals surface area (Å²) in [5.41, 5.74) is 6.87. The van der Waals surface area contributed by atoms with Crippen molar-refractivity contribution < 1.29 is 8.81 Å². The van der Waals surface area contributed by atoms with E-state index in [2.05, 4.69) is 21.2 Å². The molecule has 0 amide bonds. The summed E-state index contributed by atoms with van der Waals surface area (Å²) in [7, 11) is 0. The predicted molar refractivity (Wildman–Crippen MR) is 74.0 cm³/mol. The highest BCUT2D eigenvalue weighted by Gasteiger charge is 2.12. The number of halogens is 2. The zero-order valence-electron chi connectivity index (χ0n) is 10.1. The Bertz CT molecular complexity index is 568. The number of nitrogens with two attached hydrogens (primary N) is 1. The molecule has 0 radical (unpaired) electrons. The van der Waals surface area contributed by atoms with E-state index in [0.717, 1.165) is 11.5 Å². The second-order valence-corrected chi connectivity index (χ2v) is 5.02. The molecule has 0 saturated heterocycles. The second kappa shape index (κ2) is 5.02. The van der Waals surface area contributed by atoms with Crippen LogP contribution in [0.1, 0.15) is 24.5 Å². The summed E-state index contributed by atoms with van der Waals surface area (Å²) in [6.45, 7) is 3.81. The van der Waals surface area contributed by atoms with Crippen molar-refractivity contribution in [3.63, 3.8) is 0 Å². The molecule has 0 saturated carbocycles. The van der Waals surface area contributed by atoms with Crippen LogP contribution in [0, 0.1) is 12.7 Å². The molecule has 0 aliphatic carbocycles. The Kier molecular flexibility index (Phi) is 3.61. The van der Waals surface area contributed by atoms with Gasteiger partial charge in [0.25, 0.3) is 0 Å². The number of nitrogen functional groups attached to an aromatic ring is 1. The molecule has 1 aromatic heterocycles. The number of nitrogens with one attached hydrogen (secondary N) is 1. The lowest BCUT2D eigenvalue weighted by molar-refractivity contribution is 0.467. The lowest BCUT2D eigenvalue weighted by atomic mass is 10.2. The number of anilines is 2. The quantitative estimate of drug-likeness (QED) is 0.833. The predicted octanol–water partition coefficient (Wildman–Crippen LogP) is 4.24. The van der Waals surface area contributed by atoms with E-state index < -0.39 is 0 Å². The van der Waals surface area contributed by atoms with E-state index in [1.807, 2.05) is 26.0 Å². The monoisotopic (exact) mass is 312 g/mol. The lowest BCUT2D eigenvalue weighted by Gasteiger charge is -2.15. The van der Waals surface area contributed by atoms with Gasteiger partial charge < -0.3 is 15.5 Å². The molecular formula is C13H14BrFN2O. The van der Waals surface area contributed by atoms with Crippen molar-refractivity contribution in [2.45, 2.75) is 19.9 Å². The van der Waals surface area contributed by atoms with Crippen LogP contribution >= 0.6 is 15.9 Å². The highest BCUT2D eigenvalue weighted by atomic mass is 79.9. The van der Waals surface area contributed by atoms with E-state index >= 15 is 0 Å². The standard InChI is InChI=1S/C13H14BrFN2O/c1-7-3-4-13(18-7)8(2)17-12-6-10(15)9(14)5-11(12)16/h3-6,8,17H,16H2,1-2H3. The third-order valence-electron chi connectivity index (χ3n) is 2.65. The van der Waals surface area contributed by atoms with Crippen LogP contribution in [0.5, 0.6) is 0 Å². The lowest BCUT2D eigenvalue weighted by Crippen LogP contribution is -2.08. The largest absolute Gasteiger partial charge is 0.464 e. The molecule has 18 heavy (non-hydrogen) atoms. The average molecular weight is 313 g/mol. The van der Waals surface area contributed by atoms with Gasteiger partial charge in [0.05, 0.1) is 21.9 Å². The first-order chi connectivity index (χ1) is 8.47. The first-order valence-corrected chi connectivity index (χ1v) is 6.34. The normalized spacial score (nSPS) is 12.4. The van der Waals surface area contributed by atoms with Crippen LogP contribution in [0.4, 0.5) is 15.8 Å². The smallest absolute Gasteiger partial charge is 0.139 e. The van der Waals surface area contributed by atoms with Crippen molar-refractivity contribution >= 4 is 27.3 Å². The van der Waals surface area contributed by atoms with Gasteiger partial charge in [-0.25, -0.2) is 4.39 Å². The topological polar surface area (TPSA) is 51.2 Å². The summed E-state index contributed by atoms with van der Waals surface area (Å²) >= 11 is 3.09. The third-order valence-corrected chi connectivity index (χ3v) is 3.26. The third kappa shape index (κ3) is 2.67. The minimum Gasteiger partial charge on any atom is -0.464 e. The van der Waals surface area contributed by atoms with Crippen molar-refractivity contribution in [3.05, 3.63) is 46.1 Å². The molecule has 96 valence electrons. The van der Waals surface area contributed by atoms with E-state index in [9.17, 15) is 4.39 Å². The SMILES string of the molecule is Cc1ccc(C(C)Nc2cc(F)c(Br)cc2N)o1. The van der Waals surface area contributed by atoms with E-state index in [1.165, 1.54) is 12.1 Å². The Balaban J connectivity index is 2.21. The Morgan fingerprint density at radius 1 is 1.39 bits per heavy atom. The van der Waals surface area contributed by atoms with Crippen LogP contribution in [-0.2, 0) is 0 Å². The second-order valence-electron chi connectivity index (χ2n) is 4.17. The first-order valence-electron chi connectivity index (χ1n) is 5.54. The van der Waals surface area contributed by atoms with Crippen molar-refractivity contribution in [1.29, 1.82) is 0 Å². The molecule has 2 rings (SSSR count). The molecule has 2 aromatic rings.